The molecule has 0 N–H and O–H groups in total. The van der Waals surface area contributed by atoms with Crippen LogP contribution in [0.2, 0.25) is 0 Å². The van der Waals surface area contributed by atoms with E-state index in [9.17, 15) is 8.42 Å². The van der Waals surface area contributed by atoms with Crippen molar-refractivity contribution >= 4 is 10.0 Å². The molecular formula is C18H23N3O6S. The minimum absolute atomic E-state index is 0.128. The fourth-order valence-corrected chi connectivity index (χ4v) is 4.46. The molecule has 0 saturated carbocycles. The second-order valence-corrected chi connectivity index (χ2v) is 8.06. The van der Waals surface area contributed by atoms with Crippen LogP contribution in [-0.2, 0) is 10.0 Å². The predicted molar refractivity (Wildman–Crippen MR) is 101 cm³/mol. The number of benzene rings is 1. The number of piperidine rings is 1. The molecule has 0 amide bonds. The molecule has 28 heavy (non-hydrogen) atoms. The molecule has 0 aliphatic carbocycles. The number of hydrogen-bond donors (Lipinski definition) is 0. The van der Waals surface area contributed by atoms with Crippen LogP contribution in [0.15, 0.2) is 35.4 Å². The van der Waals surface area contributed by atoms with E-state index >= 15 is 0 Å². The normalized spacial score (nSPS) is 15.8. The van der Waals surface area contributed by atoms with Crippen LogP contribution in [0.1, 0.15) is 12.8 Å². The first-order valence-corrected chi connectivity index (χ1v) is 10.2. The largest absolute Gasteiger partial charge is 0.493 e. The molecule has 2 heterocycles. The van der Waals surface area contributed by atoms with E-state index in [4.69, 9.17) is 18.9 Å². The van der Waals surface area contributed by atoms with E-state index < -0.39 is 10.0 Å². The second kappa shape index (κ2) is 8.61. The molecule has 1 aromatic carbocycles. The summed E-state index contributed by atoms with van der Waals surface area (Å²) in [4.78, 5) is 8.23. The summed E-state index contributed by atoms with van der Waals surface area (Å²) in [6, 6.07) is 6.46. The SMILES string of the molecule is COc1nccc(OC2CCN(S(=O)(=O)c3ccc(OC)c(OC)c3)CC2)n1. The van der Waals surface area contributed by atoms with E-state index in [0.29, 0.717) is 43.3 Å². The Balaban J connectivity index is 1.66. The van der Waals surface area contributed by atoms with E-state index in [1.807, 2.05) is 0 Å². The van der Waals surface area contributed by atoms with Crippen LogP contribution in [0.5, 0.6) is 23.4 Å². The average molecular weight is 409 g/mol. The van der Waals surface area contributed by atoms with Gasteiger partial charge in [-0.3, -0.25) is 0 Å². The van der Waals surface area contributed by atoms with Crippen molar-refractivity contribution in [3.05, 3.63) is 30.5 Å². The fraction of sp³-hybridized carbons (Fsp3) is 0.444. The smallest absolute Gasteiger partial charge is 0.319 e. The molecule has 1 saturated heterocycles. The second-order valence-electron chi connectivity index (χ2n) is 6.12. The highest BCUT2D eigenvalue weighted by molar-refractivity contribution is 7.89. The molecule has 9 nitrogen and oxygen atoms in total. The van der Waals surface area contributed by atoms with Gasteiger partial charge in [-0.15, -0.1) is 0 Å². The minimum Gasteiger partial charge on any atom is -0.493 e. The van der Waals surface area contributed by atoms with Crippen LogP contribution in [-0.4, -0.2) is 63.2 Å². The van der Waals surface area contributed by atoms with E-state index in [0.717, 1.165) is 0 Å². The zero-order valence-electron chi connectivity index (χ0n) is 16.0. The van der Waals surface area contributed by atoms with Crippen molar-refractivity contribution < 1.29 is 27.4 Å². The quantitative estimate of drug-likeness (QED) is 0.682. The lowest BCUT2D eigenvalue weighted by atomic mass is 10.1. The van der Waals surface area contributed by atoms with E-state index in [1.165, 1.54) is 37.8 Å². The third-order valence-corrected chi connectivity index (χ3v) is 6.37. The van der Waals surface area contributed by atoms with Crippen molar-refractivity contribution in [2.24, 2.45) is 0 Å². The Labute approximate surface area is 164 Å². The standard InChI is InChI=1S/C18H23N3O6S/c1-24-15-5-4-14(12-16(15)25-2)28(22,23)21-10-7-13(8-11-21)27-17-6-9-19-18(20-17)26-3/h4-6,9,12-13H,7-8,10-11H2,1-3H3. The number of ether oxygens (including phenoxy) is 4. The molecule has 0 bridgehead atoms. The van der Waals surface area contributed by atoms with Gasteiger partial charge in [0.1, 0.15) is 6.10 Å². The van der Waals surface area contributed by atoms with Gasteiger partial charge in [0.2, 0.25) is 15.9 Å². The maximum Gasteiger partial charge on any atom is 0.319 e. The summed E-state index contributed by atoms with van der Waals surface area (Å²) in [5.74, 6) is 1.27. The lowest BCUT2D eigenvalue weighted by molar-refractivity contribution is 0.128. The molecule has 0 atom stereocenters. The Kier molecular flexibility index (Phi) is 6.20. The Hall–Kier alpha value is -2.59. The maximum absolute atomic E-state index is 13.0. The van der Waals surface area contributed by atoms with E-state index in [-0.39, 0.29) is 17.0 Å². The summed E-state index contributed by atoms with van der Waals surface area (Å²) < 4.78 is 48.6. The van der Waals surface area contributed by atoms with Crippen LogP contribution in [0.25, 0.3) is 0 Å². The minimum atomic E-state index is -3.63. The highest BCUT2D eigenvalue weighted by atomic mass is 32.2. The van der Waals surface area contributed by atoms with Crippen molar-refractivity contribution in [3.63, 3.8) is 0 Å². The lowest BCUT2D eigenvalue weighted by Crippen LogP contribution is -2.41. The van der Waals surface area contributed by atoms with Gasteiger partial charge in [-0.2, -0.15) is 9.29 Å². The first kappa shape index (κ1) is 20.2. The van der Waals surface area contributed by atoms with Gasteiger partial charge in [0, 0.05) is 31.4 Å². The summed E-state index contributed by atoms with van der Waals surface area (Å²) in [5.41, 5.74) is 0. The Bertz CT molecular complexity index is 913. The Morgan fingerprint density at radius 2 is 1.71 bits per heavy atom. The molecule has 1 fully saturated rings. The van der Waals surface area contributed by atoms with Gasteiger partial charge in [0.25, 0.3) is 0 Å². The molecule has 152 valence electrons. The van der Waals surface area contributed by atoms with Crippen molar-refractivity contribution in [2.75, 3.05) is 34.4 Å². The number of methoxy groups -OCH3 is 3. The topological polar surface area (TPSA) is 100 Å². The van der Waals surface area contributed by atoms with Crippen LogP contribution in [0, 0.1) is 0 Å². The molecule has 3 rings (SSSR count). The number of nitrogens with zero attached hydrogens (tertiary/aromatic N) is 3. The third kappa shape index (κ3) is 4.28. The first-order valence-electron chi connectivity index (χ1n) is 8.73. The number of aromatic nitrogens is 2. The van der Waals surface area contributed by atoms with Crippen molar-refractivity contribution in [1.82, 2.24) is 14.3 Å². The molecule has 1 aromatic heterocycles. The van der Waals surface area contributed by atoms with Gasteiger partial charge < -0.3 is 18.9 Å². The number of rotatable bonds is 7. The predicted octanol–water partition coefficient (Wildman–Crippen LogP) is 1.73. The molecular weight excluding hydrogens is 386 g/mol. The van der Waals surface area contributed by atoms with E-state index in [1.54, 1.807) is 18.3 Å². The van der Waals surface area contributed by atoms with Gasteiger partial charge in [0.15, 0.2) is 11.5 Å². The van der Waals surface area contributed by atoms with Gasteiger partial charge >= 0.3 is 6.01 Å². The molecule has 1 aliphatic heterocycles. The third-order valence-electron chi connectivity index (χ3n) is 4.47. The Morgan fingerprint density at radius 1 is 1.00 bits per heavy atom. The number of sulfonamides is 1. The van der Waals surface area contributed by atoms with Crippen LogP contribution in [0.3, 0.4) is 0 Å². The van der Waals surface area contributed by atoms with Crippen molar-refractivity contribution in [2.45, 2.75) is 23.8 Å². The highest BCUT2D eigenvalue weighted by Crippen LogP contribution is 2.31. The van der Waals surface area contributed by atoms with Gasteiger partial charge in [-0.1, -0.05) is 0 Å². The maximum atomic E-state index is 13.0. The molecule has 1 aliphatic rings. The summed E-state index contributed by atoms with van der Waals surface area (Å²) in [6.07, 6.45) is 2.53. The highest BCUT2D eigenvalue weighted by Gasteiger charge is 2.31. The monoisotopic (exact) mass is 409 g/mol. The lowest BCUT2D eigenvalue weighted by Gasteiger charge is -2.31. The molecule has 0 spiro atoms. The van der Waals surface area contributed by atoms with Crippen LogP contribution >= 0.6 is 0 Å². The first-order chi connectivity index (χ1) is 13.5. The van der Waals surface area contributed by atoms with Crippen LogP contribution in [0.4, 0.5) is 0 Å². The molecule has 10 heteroatoms. The zero-order chi connectivity index (χ0) is 20.1. The summed E-state index contributed by atoms with van der Waals surface area (Å²) in [6.45, 7) is 0.702. The molecule has 0 unspecified atom stereocenters. The van der Waals surface area contributed by atoms with Crippen LogP contribution < -0.4 is 18.9 Å². The fourth-order valence-electron chi connectivity index (χ4n) is 2.98. The average Bonchev–Trinajstić information content (AvgIpc) is 2.73. The van der Waals surface area contributed by atoms with Gasteiger partial charge in [-0.25, -0.2) is 13.4 Å². The summed E-state index contributed by atoms with van der Waals surface area (Å²) in [7, 11) is 0.828. The Morgan fingerprint density at radius 3 is 2.36 bits per heavy atom. The summed E-state index contributed by atoms with van der Waals surface area (Å²) >= 11 is 0. The van der Waals surface area contributed by atoms with Gasteiger partial charge in [0.05, 0.1) is 26.2 Å². The zero-order valence-corrected chi connectivity index (χ0v) is 16.8. The molecule has 0 radical (unpaired) electrons. The van der Waals surface area contributed by atoms with Crippen molar-refractivity contribution in [3.8, 4) is 23.4 Å². The number of hydrogen-bond acceptors (Lipinski definition) is 8. The van der Waals surface area contributed by atoms with Gasteiger partial charge in [-0.05, 0) is 25.0 Å². The van der Waals surface area contributed by atoms with E-state index in [2.05, 4.69) is 9.97 Å². The molecule has 2 aromatic rings. The van der Waals surface area contributed by atoms with Crippen molar-refractivity contribution in [1.29, 1.82) is 0 Å². The summed E-state index contributed by atoms with van der Waals surface area (Å²) in [5, 5.41) is 0.